The highest BCUT2D eigenvalue weighted by molar-refractivity contribution is 7.92. The van der Waals surface area contributed by atoms with Crippen LogP contribution in [0.5, 0.6) is 0 Å². The molecule has 0 bridgehead atoms. The molecule has 1 heterocycles. The van der Waals surface area contributed by atoms with Gasteiger partial charge in [0.15, 0.2) is 0 Å². The predicted molar refractivity (Wildman–Crippen MR) is 89.0 cm³/mol. The Hall–Kier alpha value is -1.27. The zero-order valence-electron chi connectivity index (χ0n) is 13.0. The van der Waals surface area contributed by atoms with Gasteiger partial charge in [0.1, 0.15) is 0 Å². The van der Waals surface area contributed by atoms with Gasteiger partial charge in [0, 0.05) is 17.6 Å². The van der Waals surface area contributed by atoms with Crippen molar-refractivity contribution in [3.63, 3.8) is 0 Å². The standard InChI is InChI=1S/C15H21ClN2O3S/c1-15(2,3)17-14(19)11-6-7-12(16)13(10-11)18-8-4-5-9-22(18,20)21/h6-7,10H,4-5,8-9H2,1-3H3,(H,17,19). The van der Waals surface area contributed by atoms with E-state index in [9.17, 15) is 13.2 Å². The monoisotopic (exact) mass is 344 g/mol. The maximum atomic E-state index is 12.2. The average Bonchev–Trinajstić information content (AvgIpc) is 2.37. The summed E-state index contributed by atoms with van der Waals surface area (Å²) in [6.07, 6.45) is 1.44. The maximum Gasteiger partial charge on any atom is 0.251 e. The van der Waals surface area contributed by atoms with Crippen LogP contribution in [0, 0.1) is 0 Å². The summed E-state index contributed by atoms with van der Waals surface area (Å²) >= 11 is 6.16. The summed E-state index contributed by atoms with van der Waals surface area (Å²) < 4.78 is 25.7. The second-order valence-electron chi connectivity index (χ2n) is 6.47. The summed E-state index contributed by atoms with van der Waals surface area (Å²) in [5.41, 5.74) is 0.409. The normalized spacial score (nSPS) is 18.1. The largest absolute Gasteiger partial charge is 0.347 e. The summed E-state index contributed by atoms with van der Waals surface area (Å²) in [5.74, 6) is -0.137. The lowest BCUT2D eigenvalue weighted by Crippen LogP contribution is -2.41. The Kier molecular flexibility index (Phi) is 4.73. The Morgan fingerprint density at radius 2 is 1.95 bits per heavy atom. The molecule has 0 saturated carbocycles. The molecule has 1 aliphatic heterocycles. The van der Waals surface area contributed by atoms with E-state index in [1.165, 1.54) is 4.31 Å². The summed E-state index contributed by atoms with van der Waals surface area (Å²) in [6.45, 7) is 6.05. The molecule has 1 aromatic carbocycles. The van der Waals surface area contributed by atoms with E-state index in [0.717, 1.165) is 6.42 Å². The summed E-state index contributed by atoms with van der Waals surface area (Å²) in [5, 5.41) is 3.19. The quantitative estimate of drug-likeness (QED) is 0.897. The van der Waals surface area contributed by atoms with E-state index in [1.54, 1.807) is 18.2 Å². The number of anilines is 1. The van der Waals surface area contributed by atoms with Crippen molar-refractivity contribution in [3.8, 4) is 0 Å². The van der Waals surface area contributed by atoms with Crippen LogP contribution >= 0.6 is 11.6 Å². The molecule has 1 aliphatic rings. The van der Waals surface area contributed by atoms with Gasteiger partial charge < -0.3 is 5.32 Å². The molecule has 2 rings (SSSR count). The molecular formula is C15H21ClN2O3S. The number of carbonyl (C=O) groups is 1. The second-order valence-corrected chi connectivity index (χ2v) is 8.89. The highest BCUT2D eigenvalue weighted by Crippen LogP contribution is 2.31. The fourth-order valence-electron chi connectivity index (χ4n) is 2.32. The van der Waals surface area contributed by atoms with Crippen molar-refractivity contribution in [2.24, 2.45) is 0 Å². The van der Waals surface area contributed by atoms with Crippen molar-refractivity contribution in [3.05, 3.63) is 28.8 Å². The molecule has 1 aromatic rings. The summed E-state index contributed by atoms with van der Waals surface area (Å²) in [7, 11) is -3.36. The number of amides is 1. The van der Waals surface area contributed by atoms with Crippen LogP contribution in [0.15, 0.2) is 18.2 Å². The SMILES string of the molecule is CC(C)(C)NC(=O)c1ccc(Cl)c(N2CCCCS2(=O)=O)c1. The smallest absolute Gasteiger partial charge is 0.251 e. The number of hydrogen-bond donors (Lipinski definition) is 1. The zero-order chi connectivity index (χ0) is 16.5. The molecule has 22 heavy (non-hydrogen) atoms. The van der Waals surface area contributed by atoms with E-state index in [-0.39, 0.29) is 17.2 Å². The second kappa shape index (κ2) is 6.08. The third-order valence-corrected chi connectivity index (χ3v) is 5.49. The fraction of sp³-hybridized carbons (Fsp3) is 0.533. The molecule has 1 N–H and O–H groups in total. The third kappa shape index (κ3) is 3.93. The van der Waals surface area contributed by atoms with Gasteiger partial charge in [-0.1, -0.05) is 11.6 Å². The summed E-state index contributed by atoms with van der Waals surface area (Å²) in [4.78, 5) is 12.2. The van der Waals surface area contributed by atoms with Crippen LogP contribution in [0.25, 0.3) is 0 Å². The van der Waals surface area contributed by atoms with Crippen LogP contribution in [0.2, 0.25) is 5.02 Å². The molecule has 0 spiro atoms. The van der Waals surface area contributed by atoms with E-state index in [4.69, 9.17) is 11.6 Å². The lowest BCUT2D eigenvalue weighted by molar-refractivity contribution is 0.0919. The highest BCUT2D eigenvalue weighted by Gasteiger charge is 2.28. The van der Waals surface area contributed by atoms with E-state index in [2.05, 4.69) is 5.32 Å². The van der Waals surface area contributed by atoms with Crippen molar-refractivity contribution in [1.29, 1.82) is 0 Å². The van der Waals surface area contributed by atoms with Gasteiger partial charge >= 0.3 is 0 Å². The Balaban J connectivity index is 2.37. The van der Waals surface area contributed by atoms with Gasteiger partial charge in [-0.3, -0.25) is 9.10 Å². The van der Waals surface area contributed by atoms with E-state index < -0.39 is 10.0 Å². The Morgan fingerprint density at radius 1 is 1.27 bits per heavy atom. The van der Waals surface area contributed by atoms with Gasteiger partial charge in [0.05, 0.1) is 16.5 Å². The number of carbonyl (C=O) groups excluding carboxylic acids is 1. The van der Waals surface area contributed by atoms with Crippen molar-refractivity contribution in [2.45, 2.75) is 39.2 Å². The van der Waals surface area contributed by atoms with Crippen LogP contribution < -0.4 is 9.62 Å². The number of halogens is 1. The van der Waals surface area contributed by atoms with Crippen molar-refractivity contribution in [2.75, 3.05) is 16.6 Å². The van der Waals surface area contributed by atoms with Crippen LogP contribution in [-0.2, 0) is 10.0 Å². The zero-order valence-corrected chi connectivity index (χ0v) is 14.6. The molecule has 0 aromatic heterocycles. The number of nitrogens with one attached hydrogen (secondary N) is 1. The topological polar surface area (TPSA) is 66.5 Å². The van der Waals surface area contributed by atoms with Crippen LogP contribution in [0.3, 0.4) is 0 Å². The number of hydrogen-bond acceptors (Lipinski definition) is 3. The van der Waals surface area contributed by atoms with E-state index >= 15 is 0 Å². The molecule has 1 amide bonds. The first-order valence-corrected chi connectivity index (χ1v) is 9.21. The van der Waals surface area contributed by atoms with Crippen LogP contribution in [-0.4, -0.2) is 32.2 Å². The molecule has 7 heteroatoms. The number of sulfonamides is 1. The van der Waals surface area contributed by atoms with Gasteiger partial charge in [0.25, 0.3) is 5.91 Å². The van der Waals surface area contributed by atoms with Crippen molar-refractivity contribution < 1.29 is 13.2 Å². The van der Waals surface area contributed by atoms with Gasteiger partial charge in [-0.25, -0.2) is 8.42 Å². The average molecular weight is 345 g/mol. The minimum Gasteiger partial charge on any atom is -0.347 e. The Bertz CT molecular complexity index is 681. The molecule has 1 fully saturated rings. The molecule has 0 atom stereocenters. The van der Waals surface area contributed by atoms with Crippen molar-refractivity contribution >= 4 is 33.2 Å². The van der Waals surface area contributed by atoms with E-state index in [0.29, 0.717) is 29.2 Å². The predicted octanol–water partition coefficient (Wildman–Crippen LogP) is 2.80. The molecule has 5 nitrogen and oxygen atoms in total. The molecule has 122 valence electrons. The van der Waals surface area contributed by atoms with Crippen LogP contribution in [0.1, 0.15) is 44.0 Å². The molecule has 0 unspecified atom stereocenters. The number of rotatable bonds is 2. The minimum atomic E-state index is -3.36. The van der Waals surface area contributed by atoms with Gasteiger partial charge in [-0.05, 0) is 51.8 Å². The number of benzene rings is 1. The lowest BCUT2D eigenvalue weighted by atomic mass is 10.1. The Morgan fingerprint density at radius 3 is 2.55 bits per heavy atom. The minimum absolute atomic E-state index is 0.113. The van der Waals surface area contributed by atoms with Crippen molar-refractivity contribution in [1.82, 2.24) is 5.32 Å². The lowest BCUT2D eigenvalue weighted by Gasteiger charge is -2.29. The first-order chi connectivity index (χ1) is 10.1. The molecule has 1 saturated heterocycles. The fourth-order valence-corrected chi connectivity index (χ4v) is 4.23. The molecule has 0 radical (unpaired) electrons. The number of nitrogens with zero attached hydrogens (tertiary/aromatic N) is 1. The maximum absolute atomic E-state index is 12.2. The summed E-state index contributed by atoms with van der Waals surface area (Å²) in [6, 6.07) is 4.72. The third-order valence-electron chi connectivity index (χ3n) is 3.31. The Labute approximate surface area is 136 Å². The molecule has 0 aliphatic carbocycles. The van der Waals surface area contributed by atoms with E-state index in [1.807, 2.05) is 20.8 Å². The van der Waals surface area contributed by atoms with Crippen LogP contribution in [0.4, 0.5) is 5.69 Å². The first-order valence-electron chi connectivity index (χ1n) is 7.23. The van der Waals surface area contributed by atoms with Gasteiger partial charge in [0.2, 0.25) is 10.0 Å². The highest BCUT2D eigenvalue weighted by atomic mass is 35.5. The van der Waals surface area contributed by atoms with Gasteiger partial charge in [-0.15, -0.1) is 0 Å². The first kappa shape index (κ1) is 17.1. The molecular weight excluding hydrogens is 324 g/mol. The van der Waals surface area contributed by atoms with Gasteiger partial charge in [-0.2, -0.15) is 0 Å².